The Balaban J connectivity index is 3.15. The molecule has 2 nitrogen and oxygen atoms in total. The highest BCUT2D eigenvalue weighted by Gasteiger charge is 2.07. The summed E-state index contributed by atoms with van der Waals surface area (Å²) in [5.41, 5.74) is 0.674. The Bertz CT molecular complexity index is 321. The van der Waals surface area contributed by atoms with Gasteiger partial charge in [-0.25, -0.2) is 4.39 Å². The predicted octanol–water partition coefficient (Wildman–Crippen LogP) is 2.27. The Labute approximate surface area is 76.3 Å². The number of halogens is 1. The van der Waals surface area contributed by atoms with Crippen molar-refractivity contribution in [2.45, 2.75) is 6.42 Å². The summed E-state index contributed by atoms with van der Waals surface area (Å²) in [4.78, 5) is 0. The SMILES string of the molecule is C=CCc1cc(F)c(O)cc1OC. The first kappa shape index (κ1) is 9.58. The number of allylic oxidation sites excluding steroid dienone is 1. The van der Waals surface area contributed by atoms with Crippen LogP contribution in [0, 0.1) is 5.82 Å². The van der Waals surface area contributed by atoms with Crippen LogP contribution in [0.15, 0.2) is 24.8 Å². The van der Waals surface area contributed by atoms with Crippen LogP contribution in [0.1, 0.15) is 5.56 Å². The van der Waals surface area contributed by atoms with Crippen molar-refractivity contribution < 1.29 is 14.2 Å². The highest BCUT2D eigenvalue weighted by molar-refractivity contribution is 5.41. The maximum Gasteiger partial charge on any atom is 0.165 e. The van der Waals surface area contributed by atoms with E-state index in [2.05, 4.69) is 6.58 Å². The third kappa shape index (κ3) is 1.99. The topological polar surface area (TPSA) is 29.5 Å². The van der Waals surface area contributed by atoms with E-state index >= 15 is 0 Å². The number of aromatic hydroxyl groups is 1. The molecule has 0 saturated carbocycles. The van der Waals surface area contributed by atoms with Crippen molar-refractivity contribution in [1.29, 1.82) is 0 Å². The van der Waals surface area contributed by atoms with Gasteiger partial charge in [0.2, 0.25) is 0 Å². The molecular weight excluding hydrogens is 171 g/mol. The molecule has 13 heavy (non-hydrogen) atoms. The molecule has 0 spiro atoms. The van der Waals surface area contributed by atoms with E-state index in [4.69, 9.17) is 9.84 Å². The lowest BCUT2D eigenvalue weighted by molar-refractivity contribution is 0.393. The zero-order chi connectivity index (χ0) is 9.84. The molecule has 0 aliphatic rings. The van der Waals surface area contributed by atoms with Crippen LogP contribution in [-0.2, 0) is 6.42 Å². The Kier molecular flexibility index (Phi) is 2.90. The molecule has 0 radical (unpaired) electrons. The standard InChI is InChI=1S/C10H11FO2/c1-3-4-7-5-8(11)9(12)6-10(7)13-2/h3,5-6,12H,1,4H2,2H3. The second-order valence-electron chi connectivity index (χ2n) is 2.61. The van der Waals surface area contributed by atoms with Crippen molar-refractivity contribution in [2.75, 3.05) is 7.11 Å². The van der Waals surface area contributed by atoms with Crippen molar-refractivity contribution in [2.24, 2.45) is 0 Å². The molecule has 0 heterocycles. The highest BCUT2D eigenvalue weighted by Crippen LogP contribution is 2.27. The van der Waals surface area contributed by atoms with Crippen LogP contribution in [0.2, 0.25) is 0 Å². The van der Waals surface area contributed by atoms with E-state index in [-0.39, 0.29) is 0 Å². The molecule has 0 atom stereocenters. The fraction of sp³-hybridized carbons (Fsp3) is 0.200. The normalized spacial score (nSPS) is 9.69. The second kappa shape index (κ2) is 3.94. The van der Waals surface area contributed by atoms with Crippen LogP contribution >= 0.6 is 0 Å². The fourth-order valence-electron chi connectivity index (χ4n) is 1.09. The van der Waals surface area contributed by atoms with E-state index in [0.29, 0.717) is 17.7 Å². The summed E-state index contributed by atoms with van der Waals surface area (Å²) in [7, 11) is 1.47. The number of rotatable bonds is 3. The highest BCUT2D eigenvalue weighted by atomic mass is 19.1. The zero-order valence-electron chi connectivity index (χ0n) is 7.38. The molecule has 1 rings (SSSR count). The minimum atomic E-state index is -0.641. The number of hydrogen-bond donors (Lipinski definition) is 1. The number of benzene rings is 1. The van der Waals surface area contributed by atoms with Gasteiger partial charge in [-0.15, -0.1) is 6.58 Å². The van der Waals surface area contributed by atoms with Gasteiger partial charge < -0.3 is 9.84 Å². The van der Waals surface area contributed by atoms with E-state index in [9.17, 15) is 4.39 Å². The Morgan fingerprint density at radius 1 is 1.62 bits per heavy atom. The monoisotopic (exact) mass is 182 g/mol. The maximum atomic E-state index is 12.9. The maximum absolute atomic E-state index is 12.9. The van der Waals surface area contributed by atoms with Crippen LogP contribution in [0.3, 0.4) is 0 Å². The lowest BCUT2D eigenvalue weighted by Gasteiger charge is -2.07. The Hall–Kier alpha value is -1.51. The van der Waals surface area contributed by atoms with Crippen molar-refractivity contribution >= 4 is 0 Å². The van der Waals surface area contributed by atoms with Crippen molar-refractivity contribution in [3.05, 3.63) is 36.2 Å². The van der Waals surface area contributed by atoms with Crippen LogP contribution in [0.4, 0.5) is 4.39 Å². The van der Waals surface area contributed by atoms with Crippen LogP contribution in [-0.4, -0.2) is 12.2 Å². The van der Waals surface area contributed by atoms with E-state index in [1.807, 2.05) is 0 Å². The van der Waals surface area contributed by atoms with E-state index in [1.165, 1.54) is 19.2 Å². The molecule has 0 fully saturated rings. The number of hydrogen-bond acceptors (Lipinski definition) is 2. The molecule has 1 N–H and O–H groups in total. The smallest absolute Gasteiger partial charge is 0.165 e. The van der Waals surface area contributed by atoms with Gasteiger partial charge in [-0.1, -0.05) is 6.08 Å². The van der Waals surface area contributed by atoms with Crippen molar-refractivity contribution in [3.63, 3.8) is 0 Å². The number of ether oxygens (including phenoxy) is 1. The lowest BCUT2D eigenvalue weighted by Crippen LogP contribution is -1.92. The Morgan fingerprint density at radius 3 is 2.85 bits per heavy atom. The molecule has 0 saturated heterocycles. The summed E-state index contributed by atoms with van der Waals surface area (Å²) in [5.74, 6) is -0.568. The Morgan fingerprint density at radius 2 is 2.31 bits per heavy atom. The minimum absolute atomic E-state index is 0.398. The first-order chi connectivity index (χ1) is 6.19. The summed E-state index contributed by atoms with van der Waals surface area (Å²) < 4.78 is 17.8. The molecule has 0 bridgehead atoms. The first-order valence-corrected chi connectivity index (χ1v) is 3.85. The number of phenols is 1. The summed E-state index contributed by atoms with van der Waals surface area (Å²) in [6, 6.07) is 2.50. The van der Waals surface area contributed by atoms with Crippen molar-refractivity contribution in [1.82, 2.24) is 0 Å². The van der Waals surface area contributed by atoms with Gasteiger partial charge in [-0.05, 0) is 12.5 Å². The third-order valence-corrected chi connectivity index (χ3v) is 1.71. The van der Waals surface area contributed by atoms with Crippen LogP contribution < -0.4 is 4.74 Å². The van der Waals surface area contributed by atoms with Gasteiger partial charge in [-0.2, -0.15) is 0 Å². The average molecular weight is 182 g/mol. The molecule has 0 aromatic heterocycles. The molecule has 0 amide bonds. The first-order valence-electron chi connectivity index (χ1n) is 3.85. The quantitative estimate of drug-likeness (QED) is 0.726. The lowest BCUT2D eigenvalue weighted by atomic mass is 10.1. The molecular formula is C10H11FO2. The molecule has 1 aromatic carbocycles. The second-order valence-corrected chi connectivity index (χ2v) is 2.61. The van der Waals surface area contributed by atoms with Gasteiger partial charge in [0.15, 0.2) is 11.6 Å². The average Bonchev–Trinajstić information content (AvgIpc) is 2.11. The molecule has 0 aliphatic carbocycles. The fourth-order valence-corrected chi connectivity index (χ4v) is 1.09. The summed E-state index contributed by atoms with van der Waals surface area (Å²) in [6.45, 7) is 3.54. The van der Waals surface area contributed by atoms with E-state index in [0.717, 1.165) is 0 Å². The third-order valence-electron chi connectivity index (χ3n) is 1.71. The summed E-state index contributed by atoms with van der Waals surface area (Å²) in [5, 5.41) is 9.04. The minimum Gasteiger partial charge on any atom is -0.505 e. The van der Waals surface area contributed by atoms with Gasteiger partial charge in [0.1, 0.15) is 5.75 Å². The number of methoxy groups -OCH3 is 1. The van der Waals surface area contributed by atoms with E-state index in [1.54, 1.807) is 6.08 Å². The summed E-state index contributed by atoms with van der Waals surface area (Å²) >= 11 is 0. The number of phenolic OH excluding ortho intramolecular Hbond substituents is 1. The largest absolute Gasteiger partial charge is 0.505 e. The molecule has 3 heteroatoms. The van der Waals surface area contributed by atoms with Crippen molar-refractivity contribution in [3.8, 4) is 11.5 Å². The van der Waals surface area contributed by atoms with Gasteiger partial charge in [0, 0.05) is 11.6 Å². The molecule has 0 aliphatic heterocycles. The van der Waals surface area contributed by atoms with Gasteiger partial charge >= 0.3 is 0 Å². The molecule has 1 aromatic rings. The van der Waals surface area contributed by atoms with E-state index < -0.39 is 11.6 Å². The molecule has 70 valence electrons. The zero-order valence-corrected chi connectivity index (χ0v) is 7.38. The van der Waals surface area contributed by atoms with Crippen LogP contribution in [0.5, 0.6) is 11.5 Å². The van der Waals surface area contributed by atoms with Gasteiger partial charge in [0.05, 0.1) is 7.11 Å². The molecule has 0 unspecified atom stereocenters. The predicted molar refractivity (Wildman–Crippen MR) is 48.5 cm³/mol. The van der Waals surface area contributed by atoms with Gasteiger partial charge in [0.25, 0.3) is 0 Å². The van der Waals surface area contributed by atoms with Gasteiger partial charge in [-0.3, -0.25) is 0 Å². The van der Waals surface area contributed by atoms with Crippen LogP contribution in [0.25, 0.3) is 0 Å². The summed E-state index contributed by atoms with van der Waals surface area (Å²) in [6.07, 6.45) is 2.16.